The van der Waals surface area contributed by atoms with Gasteiger partial charge in [0, 0.05) is 0 Å². The zero-order chi connectivity index (χ0) is 26.0. The van der Waals surface area contributed by atoms with E-state index in [1.807, 2.05) is 20.8 Å². The largest absolute Gasteiger partial charge is 0.504 e. The molecule has 8 heteroatoms. The van der Waals surface area contributed by atoms with Gasteiger partial charge in [-0.3, -0.25) is 14.4 Å². The van der Waals surface area contributed by atoms with Crippen molar-refractivity contribution in [3.05, 3.63) is 59.7 Å². The predicted molar refractivity (Wildman–Crippen MR) is 132 cm³/mol. The first-order valence-corrected chi connectivity index (χ1v) is 10.9. The number of rotatable bonds is 12. The van der Waals surface area contributed by atoms with Crippen LogP contribution in [0.15, 0.2) is 48.6 Å². The number of ketones is 3. The zero-order valence-corrected chi connectivity index (χ0v) is 20.2. The van der Waals surface area contributed by atoms with Crippen LogP contribution < -0.4 is 9.47 Å². The second-order valence-electron chi connectivity index (χ2n) is 8.66. The van der Waals surface area contributed by atoms with Crippen molar-refractivity contribution in [1.82, 2.24) is 0 Å². The van der Waals surface area contributed by atoms with Crippen molar-refractivity contribution in [3.8, 4) is 23.0 Å². The van der Waals surface area contributed by atoms with E-state index in [1.165, 1.54) is 49.6 Å². The van der Waals surface area contributed by atoms with Crippen molar-refractivity contribution in [2.24, 2.45) is 0 Å². The van der Waals surface area contributed by atoms with E-state index in [2.05, 4.69) is 0 Å². The molecule has 0 radical (unpaired) electrons. The molecule has 8 nitrogen and oxygen atoms in total. The molecule has 0 saturated heterocycles. The van der Waals surface area contributed by atoms with E-state index in [0.717, 1.165) is 0 Å². The lowest BCUT2D eigenvalue weighted by Crippen LogP contribution is -2.26. The lowest BCUT2D eigenvalue weighted by atomic mass is 10.1. The monoisotopic (exact) mass is 482 g/mol. The Balaban J connectivity index is 1.91. The highest BCUT2D eigenvalue weighted by molar-refractivity contribution is 6.10. The second-order valence-corrected chi connectivity index (χ2v) is 8.66. The Morgan fingerprint density at radius 2 is 1.34 bits per heavy atom. The van der Waals surface area contributed by atoms with Crippen LogP contribution in [0.3, 0.4) is 0 Å². The van der Waals surface area contributed by atoms with Gasteiger partial charge in [-0.05, 0) is 68.3 Å². The highest BCUT2D eigenvalue weighted by Crippen LogP contribution is 2.28. The molecule has 0 heterocycles. The summed E-state index contributed by atoms with van der Waals surface area (Å²) in [6.07, 6.45) is 5.23. The minimum atomic E-state index is -0.453. The molecule has 35 heavy (non-hydrogen) atoms. The quantitative estimate of drug-likeness (QED) is 0.342. The maximum atomic E-state index is 12.2. The van der Waals surface area contributed by atoms with Crippen molar-refractivity contribution in [2.75, 3.05) is 20.3 Å². The van der Waals surface area contributed by atoms with E-state index in [4.69, 9.17) is 14.2 Å². The lowest BCUT2D eigenvalue weighted by Gasteiger charge is -2.18. The number of phenols is 2. The Bertz CT molecular complexity index is 1120. The van der Waals surface area contributed by atoms with Crippen LogP contribution in [0.5, 0.6) is 23.0 Å². The molecule has 0 atom stereocenters. The van der Waals surface area contributed by atoms with Crippen molar-refractivity contribution in [2.45, 2.75) is 32.8 Å². The highest BCUT2D eigenvalue weighted by atomic mass is 16.5. The second kappa shape index (κ2) is 12.5. The fourth-order valence-corrected chi connectivity index (χ4v) is 2.71. The van der Waals surface area contributed by atoms with Crippen LogP contribution in [0.4, 0.5) is 0 Å². The minimum absolute atomic E-state index is 0.0137. The number of phenolic OH excluding ortho intramolecular Hbond substituents is 2. The molecule has 2 rings (SSSR count). The average molecular weight is 483 g/mol. The molecule has 0 aromatic heterocycles. The van der Waals surface area contributed by atoms with E-state index in [-0.39, 0.29) is 48.4 Å². The number of hydrogen-bond acceptors (Lipinski definition) is 8. The molecule has 2 aromatic carbocycles. The fourth-order valence-electron chi connectivity index (χ4n) is 2.71. The molecular weight excluding hydrogens is 452 g/mol. The van der Waals surface area contributed by atoms with Crippen LogP contribution >= 0.6 is 0 Å². The number of carbonyl (C=O) groups excluding carboxylic acids is 3. The van der Waals surface area contributed by atoms with E-state index in [1.54, 1.807) is 18.2 Å². The lowest BCUT2D eigenvalue weighted by molar-refractivity contribution is -0.130. The van der Waals surface area contributed by atoms with Gasteiger partial charge < -0.3 is 24.4 Å². The Morgan fingerprint density at radius 3 is 1.86 bits per heavy atom. The summed E-state index contributed by atoms with van der Waals surface area (Å²) in [5.74, 6) is -0.881. The summed E-state index contributed by atoms with van der Waals surface area (Å²) < 4.78 is 15.8. The number of aromatic hydroxyl groups is 2. The van der Waals surface area contributed by atoms with Crippen LogP contribution in [0.25, 0.3) is 12.2 Å². The maximum Gasteiger partial charge on any atom is 0.195 e. The number of allylic oxidation sites excluding steroid dienone is 2. The molecule has 0 aliphatic carbocycles. The molecule has 0 aliphatic rings. The standard InChI is InChI=1S/C27H30O8/c1-27(2,3)35-17-22(30)16-34-26-14-19(8-12-24(26)32)6-10-21(29)15-20(28)9-5-18-7-11-23(31)25(13-18)33-4/h5-14,31-32H,15-17H2,1-4H3/b9-5+,10-6+. The van der Waals surface area contributed by atoms with E-state index in [9.17, 15) is 24.6 Å². The smallest absolute Gasteiger partial charge is 0.195 e. The number of Topliss-reactive ketones (excluding diaryl/α,β-unsaturated/α-hetero) is 1. The summed E-state index contributed by atoms with van der Waals surface area (Å²) in [6.45, 7) is 5.12. The van der Waals surface area contributed by atoms with Gasteiger partial charge in [0.25, 0.3) is 0 Å². The molecule has 2 N–H and O–H groups in total. The van der Waals surface area contributed by atoms with Crippen molar-refractivity contribution < 1.29 is 38.8 Å². The molecule has 0 aliphatic heterocycles. The molecule has 0 fully saturated rings. The Labute approximate surface area is 204 Å². The SMILES string of the molecule is COc1cc(/C=C/C(=O)CC(=O)/C=C/c2ccc(O)c(OCC(=O)COC(C)(C)C)c2)ccc1O. The van der Waals surface area contributed by atoms with Gasteiger partial charge in [-0.2, -0.15) is 0 Å². The number of benzene rings is 2. The summed E-state index contributed by atoms with van der Waals surface area (Å²) in [7, 11) is 1.42. The van der Waals surface area contributed by atoms with Crippen LogP contribution in [-0.2, 0) is 19.1 Å². The number of ether oxygens (including phenoxy) is 3. The Kier molecular flexibility index (Phi) is 9.78. The van der Waals surface area contributed by atoms with Gasteiger partial charge in [0.1, 0.15) is 13.2 Å². The first-order chi connectivity index (χ1) is 16.5. The molecule has 186 valence electrons. The first kappa shape index (κ1) is 27.3. The van der Waals surface area contributed by atoms with Crippen LogP contribution in [-0.4, -0.2) is 53.5 Å². The van der Waals surface area contributed by atoms with E-state index < -0.39 is 17.2 Å². The van der Waals surface area contributed by atoms with E-state index >= 15 is 0 Å². The van der Waals surface area contributed by atoms with Gasteiger partial charge in [0.2, 0.25) is 0 Å². The maximum absolute atomic E-state index is 12.2. The van der Waals surface area contributed by atoms with Gasteiger partial charge in [-0.25, -0.2) is 0 Å². The molecule has 2 aromatic rings. The number of hydrogen-bond donors (Lipinski definition) is 2. The Morgan fingerprint density at radius 1 is 0.829 bits per heavy atom. The summed E-state index contributed by atoms with van der Waals surface area (Å²) >= 11 is 0. The summed E-state index contributed by atoms with van der Waals surface area (Å²) in [6, 6.07) is 9.06. The minimum Gasteiger partial charge on any atom is -0.504 e. The molecular formula is C27H30O8. The third-order valence-electron chi connectivity index (χ3n) is 4.51. The van der Waals surface area contributed by atoms with Crippen LogP contribution in [0.1, 0.15) is 38.3 Å². The molecule has 0 unspecified atom stereocenters. The van der Waals surface area contributed by atoms with Gasteiger partial charge >= 0.3 is 0 Å². The van der Waals surface area contributed by atoms with Crippen molar-refractivity contribution in [1.29, 1.82) is 0 Å². The fraction of sp³-hybridized carbons (Fsp3) is 0.296. The highest BCUT2D eigenvalue weighted by Gasteiger charge is 2.14. The number of carbonyl (C=O) groups is 3. The van der Waals surface area contributed by atoms with Gasteiger partial charge in [-0.1, -0.05) is 24.3 Å². The zero-order valence-electron chi connectivity index (χ0n) is 20.2. The van der Waals surface area contributed by atoms with Gasteiger partial charge in [0.05, 0.1) is 19.1 Å². The van der Waals surface area contributed by atoms with Gasteiger partial charge in [-0.15, -0.1) is 0 Å². The summed E-state index contributed by atoms with van der Waals surface area (Å²) in [5.41, 5.74) is 0.727. The third kappa shape index (κ3) is 9.85. The normalized spacial score (nSPS) is 11.7. The molecule has 0 saturated carbocycles. The average Bonchev–Trinajstić information content (AvgIpc) is 2.80. The predicted octanol–water partition coefficient (Wildman–Crippen LogP) is 4.12. The Hall–Kier alpha value is -3.91. The van der Waals surface area contributed by atoms with Crippen molar-refractivity contribution >= 4 is 29.5 Å². The number of methoxy groups -OCH3 is 1. The molecule has 0 amide bonds. The summed E-state index contributed by atoms with van der Waals surface area (Å²) in [5, 5.41) is 19.6. The summed E-state index contributed by atoms with van der Waals surface area (Å²) in [4.78, 5) is 36.2. The first-order valence-electron chi connectivity index (χ1n) is 10.9. The topological polar surface area (TPSA) is 119 Å². The third-order valence-corrected chi connectivity index (χ3v) is 4.51. The molecule has 0 bridgehead atoms. The van der Waals surface area contributed by atoms with Crippen LogP contribution in [0, 0.1) is 0 Å². The van der Waals surface area contributed by atoms with E-state index in [0.29, 0.717) is 11.1 Å². The van der Waals surface area contributed by atoms with Crippen molar-refractivity contribution in [3.63, 3.8) is 0 Å². The van der Waals surface area contributed by atoms with Crippen LogP contribution in [0.2, 0.25) is 0 Å². The molecule has 0 spiro atoms. The van der Waals surface area contributed by atoms with Gasteiger partial charge in [0.15, 0.2) is 40.3 Å².